The summed E-state index contributed by atoms with van der Waals surface area (Å²) in [5.41, 5.74) is 0. The van der Waals surface area contributed by atoms with Crippen LogP contribution in [-0.2, 0) is 14.3 Å². The third-order valence-electron chi connectivity index (χ3n) is 0.908. The van der Waals surface area contributed by atoms with Crippen LogP contribution >= 0.6 is 0 Å². The summed E-state index contributed by atoms with van der Waals surface area (Å²) < 4.78 is 27.9. The molecule has 66 valence electrons. The fourth-order valence-electron chi connectivity index (χ4n) is 0.415. The summed E-state index contributed by atoms with van der Waals surface area (Å²) in [5, 5.41) is 0. The van der Waals surface area contributed by atoms with Crippen LogP contribution in [0.2, 0.25) is 0 Å². The van der Waals surface area contributed by atoms with E-state index < -0.39 is 24.6 Å². The van der Waals surface area contributed by atoms with Gasteiger partial charge in [-0.3, -0.25) is 4.79 Å². The fraction of sp³-hybridized carbons (Fsp3) is 0.667. The van der Waals surface area contributed by atoms with Crippen LogP contribution in [0, 0.1) is 0 Å². The average Bonchev–Trinajstić information content (AvgIpc) is 2.02. The Morgan fingerprint density at radius 3 is 2.33 bits per heavy atom. The van der Waals surface area contributed by atoms with Crippen molar-refractivity contribution in [3.8, 4) is 0 Å². The number of rotatable bonds is 4. The van der Waals surface area contributed by atoms with Crippen LogP contribution in [0.5, 0.6) is 0 Å². The summed E-state index contributed by atoms with van der Waals surface area (Å²) in [4.78, 5) is 20.5. The van der Waals surface area contributed by atoms with Crippen molar-refractivity contribution >= 4 is 41.3 Å². The molecule has 0 spiro atoms. The SMILES string of the molecule is CCOC(=O)C(F)C(=O)CF.[NaH]. The molecule has 0 aromatic heterocycles. The van der Waals surface area contributed by atoms with E-state index in [4.69, 9.17) is 0 Å². The first-order valence-corrected chi connectivity index (χ1v) is 3.02. The molecule has 0 radical (unpaired) electrons. The Labute approximate surface area is 90.7 Å². The van der Waals surface area contributed by atoms with Gasteiger partial charge in [0.05, 0.1) is 6.61 Å². The van der Waals surface area contributed by atoms with Crippen molar-refractivity contribution in [3.05, 3.63) is 0 Å². The predicted octanol–water partition coefficient (Wildman–Crippen LogP) is -0.222. The Balaban J connectivity index is 0. The Hall–Kier alpha value is -0.000000000000000222. The maximum atomic E-state index is 12.3. The van der Waals surface area contributed by atoms with E-state index in [-0.39, 0.29) is 36.2 Å². The molecule has 1 unspecified atom stereocenters. The van der Waals surface area contributed by atoms with E-state index in [2.05, 4.69) is 4.74 Å². The molecule has 6 heteroatoms. The molecule has 0 heterocycles. The topological polar surface area (TPSA) is 43.4 Å². The molecular weight excluding hydrogens is 181 g/mol. The average molecular weight is 190 g/mol. The summed E-state index contributed by atoms with van der Waals surface area (Å²) in [6.07, 6.45) is -2.47. The molecule has 0 aromatic carbocycles. The molecule has 0 N–H and O–H groups in total. The van der Waals surface area contributed by atoms with E-state index in [1.165, 1.54) is 6.92 Å². The number of halogens is 2. The number of ether oxygens (including phenoxy) is 1. The molecule has 0 saturated heterocycles. The summed E-state index contributed by atoms with van der Waals surface area (Å²) >= 11 is 0. The normalized spacial score (nSPS) is 11.2. The molecule has 0 rings (SSSR count). The van der Waals surface area contributed by atoms with Crippen molar-refractivity contribution in [3.63, 3.8) is 0 Å². The van der Waals surface area contributed by atoms with E-state index in [1.807, 2.05) is 0 Å². The van der Waals surface area contributed by atoms with E-state index in [0.29, 0.717) is 0 Å². The van der Waals surface area contributed by atoms with Gasteiger partial charge in [-0.2, -0.15) is 0 Å². The van der Waals surface area contributed by atoms with E-state index in [0.717, 1.165) is 0 Å². The Kier molecular flexibility index (Phi) is 9.24. The number of hydrogen-bond donors (Lipinski definition) is 0. The maximum absolute atomic E-state index is 12.3. The van der Waals surface area contributed by atoms with Crippen molar-refractivity contribution < 1.29 is 23.1 Å². The number of hydrogen-bond acceptors (Lipinski definition) is 3. The van der Waals surface area contributed by atoms with Gasteiger partial charge < -0.3 is 4.74 Å². The second kappa shape index (κ2) is 7.64. The fourth-order valence-corrected chi connectivity index (χ4v) is 0.415. The van der Waals surface area contributed by atoms with Crippen molar-refractivity contribution in [1.82, 2.24) is 0 Å². The monoisotopic (exact) mass is 190 g/mol. The molecule has 0 saturated carbocycles. The summed E-state index contributed by atoms with van der Waals surface area (Å²) in [7, 11) is 0. The van der Waals surface area contributed by atoms with Crippen molar-refractivity contribution in [2.75, 3.05) is 13.3 Å². The zero-order chi connectivity index (χ0) is 8.85. The van der Waals surface area contributed by atoms with Gasteiger partial charge in [0.15, 0.2) is 6.67 Å². The number of carbonyl (C=O) groups is 2. The summed E-state index contributed by atoms with van der Waals surface area (Å²) in [6, 6.07) is 0. The molecular formula is C6H9F2NaO3. The first-order chi connectivity index (χ1) is 5.13. The van der Waals surface area contributed by atoms with Gasteiger partial charge in [0, 0.05) is 0 Å². The van der Waals surface area contributed by atoms with Crippen LogP contribution in [0.25, 0.3) is 0 Å². The molecule has 0 aromatic rings. The second-order valence-electron chi connectivity index (χ2n) is 1.71. The molecule has 0 bridgehead atoms. The number of Topliss-reactive ketones (excluding diaryl/α,β-unsaturated/α-hetero) is 1. The molecule has 0 aliphatic rings. The van der Waals surface area contributed by atoms with E-state index in [9.17, 15) is 18.4 Å². The van der Waals surface area contributed by atoms with Gasteiger partial charge in [-0.15, -0.1) is 0 Å². The molecule has 0 fully saturated rings. The quantitative estimate of drug-likeness (QED) is 0.349. The Bertz CT molecular complexity index is 163. The van der Waals surface area contributed by atoms with Gasteiger partial charge in [-0.1, -0.05) is 0 Å². The molecule has 1 atom stereocenters. The first kappa shape index (κ1) is 14.5. The van der Waals surface area contributed by atoms with Gasteiger partial charge >= 0.3 is 35.5 Å². The zero-order valence-corrected chi connectivity index (χ0v) is 5.97. The van der Waals surface area contributed by atoms with Crippen molar-refractivity contribution in [2.24, 2.45) is 0 Å². The number of ketones is 1. The molecule has 3 nitrogen and oxygen atoms in total. The third kappa shape index (κ3) is 4.79. The Morgan fingerprint density at radius 1 is 1.50 bits per heavy atom. The van der Waals surface area contributed by atoms with Gasteiger partial charge in [-0.25, -0.2) is 13.6 Å². The van der Waals surface area contributed by atoms with Crippen molar-refractivity contribution in [2.45, 2.75) is 13.1 Å². The Morgan fingerprint density at radius 2 is 2.00 bits per heavy atom. The number of esters is 1. The number of carbonyl (C=O) groups excluding carboxylic acids is 2. The van der Waals surface area contributed by atoms with Crippen molar-refractivity contribution in [1.29, 1.82) is 0 Å². The standard InChI is InChI=1S/C6H8F2O3.Na.H/c1-2-11-6(10)5(8)4(9)3-7;;/h5H,2-3H2,1H3;;. The van der Waals surface area contributed by atoms with Crippen LogP contribution in [0.15, 0.2) is 0 Å². The number of alkyl halides is 2. The molecule has 0 aliphatic carbocycles. The minimum absolute atomic E-state index is 0. The van der Waals surface area contributed by atoms with Gasteiger partial charge in [0.25, 0.3) is 6.17 Å². The summed E-state index contributed by atoms with van der Waals surface area (Å²) in [5.74, 6) is -2.72. The van der Waals surface area contributed by atoms with Crippen LogP contribution in [0.1, 0.15) is 6.92 Å². The molecule has 12 heavy (non-hydrogen) atoms. The van der Waals surface area contributed by atoms with Gasteiger partial charge in [0.2, 0.25) is 5.78 Å². The van der Waals surface area contributed by atoms with Crippen LogP contribution in [0.4, 0.5) is 8.78 Å². The van der Waals surface area contributed by atoms with Crippen LogP contribution in [-0.4, -0.2) is 60.8 Å². The van der Waals surface area contributed by atoms with E-state index >= 15 is 0 Å². The third-order valence-corrected chi connectivity index (χ3v) is 0.908. The zero-order valence-electron chi connectivity index (χ0n) is 5.97. The van der Waals surface area contributed by atoms with Gasteiger partial charge in [0.1, 0.15) is 0 Å². The minimum atomic E-state index is -2.47. The predicted molar refractivity (Wildman–Crippen MR) is 39.7 cm³/mol. The second-order valence-corrected chi connectivity index (χ2v) is 1.71. The van der Waals surface area contributed by atoms with Gasteiger partial charge in [-0.05, 0) is 6.92 Å². The molecule has 0 amide bonds. The van der Waals surface area contributed by atoms with Crippen LogP contribution in [0.3, 0.4) is 0 Å². The van der Waals surface area contributed by atoms with E-state index in [1.54, 1.807) is 0 Å². The summed E-state index contributed by atoms with van der Waals surface area (Å²) in [6.45, 7) is -0.0522. The molecule has 0 aliphatic heterocycles. The van der Waals surface area contributed by atoms with Crippen LogP contribution < -0.4 is 0 Å². The first-order valence-electron chi connectivity index (χ1n) is 3.02.